The topological polar surface area (TPSA) is 112 Å². The fourth-order valence-electron chi connectivity index (χ4n) is 4.37. The predicted octanol–water partition coefficient (Wildman–Crippen LogP) is 1.79. The van der Waals surface area contributed by atoms with Crippen molar-refractivity contribution in [2.45, 2.75) is 83.6 Å². The van der Waals surface area contributed by atoms with Gasteiger partial charge in [0.25, 0.3) is 5.56 Å². The van der Waals surface area contributed by atoms with Crippen LogP contribution in [0.1, 0.15) is 53.3 Å². The second-order valence-electron chi connectivity index (χ2n) is 10.8. The fourth-order valence-corrected chi connectivity index (χ4v) is 4.37. The minimum atomic E-state index is -0.876. The third kappa shape index (κ3) is 4.60. The van der Waals surface area contributed by atoms with Crippen LogP contribution in [0.25, 0.3) is 0 Å². The van der Waals surface area contributed by atoms with Gasteiger partial charge < -0.3 is 19.1 Å². The smallest absolute Gasteiger partial charge is 0.330 e. The highest BCUT2D eigenvalue weighted by atomic mass is 16.6. The largest absolute Gasteiger partial charge is 0.373 e. The lowest BCUT2D eigenvalue weighted by molar-refractivity contribution is -0.183. The molecule has 0 saturated carbocycles. The van der Waals surface area contributed by atoms with Crippen LogP contribution in [0.2, 0.25) is 0 Å². The molecule has 10 heteroatoms. The van der Waals surface area contributed by atoms with Gasteiger partial charge in [-0.05, 0) is 54.5 Å². The first kappa shape index (κ1) is 23.6. The van der Waals surface area contributed by atoms with Gasteiger partial charge in [0.15, 0.2) is 6.23 Å². The highest BCUT2D eigenvalue weighted by molar-refractivity contribution is 5.40. The quantitative estimate of drug-likeness (QED) is 0.720. The lowest BCUT2D eigenvalue weighted by Gasteiger charge is -2.38. The zero-order valence-corrected chi connectivity index (χ0v) is 20.3. The number of fused-ring (bicyclic) bond motifs is 2. The van der Waals surface area contributed by atoms with E-state index >= 15 is 0 Å². The summed E-state index contributed by atoms with van der Waals surface area (Å²) >= 11 is 0. The summed E-state index contributed by atoms with van der Waals surface area (Å²) < 4.78 is 20.8. The van der Waals surface area contributed by atoms with Gasteiger partial charge in [0.05, 0.1) is 24.4 Å². The molecule has 33 heavy (non-hydrogen) atoms. The summed E-state index contributed by atoms with van der Waals surface area (Å²) in [6, 6.07) is 1.33. The first-order valence-corrected chi connectivity index (χ1v) is 11.2. The molecule has 2 bridgehead atoms. The van der Waals surface area contributed by atoms with E-state index in [4.69, 9.17) is 14.2 Å². The Morgan fingerprint density at radius 3 is 2.42 bits per heavy atom. The second-order valence-corrected chi connectivity index (χ2v) is 10.8. The molecule has 0 spiro atoms. The normalized spacial score (nSPS) is 27.4. The van der Waals surface area contributed by atoms with E-state index in [1.807, 2.05) is 46.4 Å². The first-order valence-electron chi connectivity index (χ1n) is 11.2. The highest BCUT2D eigenvalue weighted by Crippen LogP contribution is 2.50. The predicted molar refractivity (Wildman–Crippen MR) is 122 cm³/mol. The fraction of sp³-hybridized carbons (Fsp3) is 0.652. The molecule has 0 aliphatic carbocycles. The van der Waals surface area contributed by atoms with Crippen LogP contribution in [0.4, 0.5) is 5.95 Å². The summed E-state index contributed by atoms with van der Waals surface area (Å²) in [7, 11) is 0. The van der Waals surface area contributed by atoms with Crippen molar-refractivity contribution < 1.29 is 14.2 Å². The number of aryl methyl sites for hydroxylation is 1. The van der Waals surface area contributed by atoms with E-state index in [1.54, 1.807) is 25.4 Å². The number of hydrogen-bond acceptors (Lipinski definition) is 8. The Kier molecular flexibility index (Phi) is 5.74. The molecule has 2 aliphatic heterocycles. The summed E-state index contributed by atoms with van der Waals surface area (Å²) in [5, 5.41) is 0. The Bertz CT molecular complexity index is 1120. The standard InChI is InChI=1S/C23H33N5O5/c1-14-11-27(20(30)26-17(14)29)18-15-16(32-22(5,6)7)23(33-18,13-31-21(2,3)4)12-28(15)19-24-9-8-10-25-19/h8-11,15-16,18H,12-13H2,1-7H3,(H,26,29,30)/t15-,16+,18-,23-/m1/s1. The highest BCUT2D eigenvalue weighted by Gasteiger charge is 2.67. The van der Waals surface area contributed by atoms with Crippen LogP contribution in [0.3, 0.4) is 0 Å². The van der Waals surface area contributed by atoms with E-state index in [9.17, 15) is 9.59 Å². The molecule has 10 nitrogen and oxygen atoms in total. The lowest BCUT2D eigenvalue weighted by atomic mass is 9.98. The monoisotopic (exact) mass is 459 g/mol. The minimum absolute atomic E-state index is 0.255. The van der Waals surface area contributed by atoms with Crippen LogP contribution in [-0.2, 0) is 14.2 Å². The van der Waals surface area contributed by atoms with Gasteiger partial charge in [-0.25, -0.2) is 14.8 Å². The molecule has 2 aliphatic rings. The van der Waals surface area contributed by atoms with E-state index in [1.165, 1.54) is 10.8 Å². The summed E-state index contributed by atoms with van der Waals surface area (Å²) in [6.45, 7) is 14.2. The Morgan fingerprint density at radius 1 is 1.15 bits per heavy atom. The molecule has 1 N–H and O–H groups in total. The van der Waals surface area contributed by atoms with Crippen LogP contribution in [0, 0.1) is 6.92 Å². The second kappa shape index (κ2) is 8.03. The van der Waals surface area contributed by atoms with Crippen molar-refractivity contribution >= 4 is 5.95 Å². The van der Waals surface area contributed by atoms with Gasteiger partial charge in [-0.15, -0.1) is 0 Å². The molecular weight excluding hydrogens is 426 g/mol. The number of nitrogens with one attached hydrogen (secondary N) is 1. The molecule has 0 aromatic carbocycles. The van der Waals surface area contributed by atoms with Gasteiger partial charge in [0.2, 0.25) is 5.95 Å². The number of rotatable bonds is 5. The summed E-state index contributed by atoms with van der Waals surface area (Å²) in [5.74, 6) is 0.519. The lowest BCUT2D eigenvalue weighted by Crippen LogP contribution is -2.52. The van der Waals surface area contributed by atoms with Crippen LogP contribution in [0.5, 0.6) is 0 Å². The van der Waals surface area contributed by atoms with Crippen molar-refractivity contribution in [2.24, 2.45) is 0 Å². The number of aromatic amines is 1. The minimum Gasteiger partial charge on any atom is -0.373 e. The average molecular weight is 460 g/mol. The SMILES string of the molecule is Cc1cn([C@@H]2O[C@@]3(COC(C)(C)C)CN(c4ncccn4)[C@@H]2[C@@H]3OC(C)(C)C)c(=O)[nH]c1=O. The Labute approximate surface area is 192 Å². The molecule has 4 atom stereocenters. The van der Waals surface area contributed by atoms with Crippen LogP contribution >= 0.6 is 0 Å². The first-order chi connectivity index (χ1) is 15.3. The number of aromatic nitrogens is 4. The molecular formula is C23H33N5O5. The van der Waals surface area contributed by atoms with Gasteiger partial charge >= 0.3 is 5.69 Å². The zero-order chi connectivity index (χ0) is 24.2. The number of ether oxygens (including phenoxy) is 3. The summed E-state index contributed by atoms with van der Waals surface area (Å²) in [4.78, 5) is 38.1. The maximum absolute atomic E-state index is 12.8. The zero-order valence-electron chi connectivity index (χ0n) is 20.3. The summed E-state index contributed by atoms with van der Waals surface area (Å²) in [6.07, 6.45) is 3.72. The molecule has 2 aromatic heterocycles. The molecule has 2 saturated heterocycles. The molecule has 180 valence electrons. The van der Waals surface area contributed by atoms with E-state index in [2.05, 4.69) is 15.0 Å². The van der Waals surface area contributed by atoms with Crippen LogP contribution < -0.4 is 16.1 Å². The number of anilines is 1. The maximum Gasteiger partial charge on any atom is 0.330 e. The molecule has 4 heterocycles. The van der Waals surface area contributed by atoms with Crippen LogP contribution in [0.15, 0.2) is 34.2 Å². The molecule has 0 unspecified atom stereocenters. The van der Waals surface area contributed by atoms with E-state index in [0.717, 1.165) is 0 Å². The summed E-state index contributed by atoms with van der Waals surface area (Å²) in [5.41, 5.74) is -2.31. The van der Waals surface area contributed by atoms with E-state index in [0.29, 0.717) is 18.1 Å². The van der Waals surface area contributed by atoms with Gasteiger partial charge in [-0.3, -0.25) is 14.3 Å². The molecule has 0 radical (unpaired) electrons. The Hall–Kier alpha value is -2.56. The number of morpholine rings is 1. The molecule has 2 fully saturated rings. The molecule has 4 rings (SSSR count). The van der Waals surface area contributed by atoms with E-state index < -0.39 is 46.4 Å². The van der Waals surface area contributed by atoms with Crippen molar-refractivity contribution in [1.82, 2.24) is 19.5 Å². The number of hydrogen-bond donors (Lipinski definition) is 1. The number of nitrogens with zero attached hydrogens (tertiary/aromatic N) is 4. The van der Waals surface area contributed by atoms with Crippen LogP contribution in [-0.4, -0.2) is 61.6 Å². The number of H-pyrrole nitrogens is 1. The average Bonchev–Trinajstić information content (AvgIpc) is 3.17. The van der Waals surface area contributed by atoms with Gasteiger partial charge in [0, 0.05) is 24.2 Å². The van der Waals surface area contributed by atoms with Gasteiger partial charge in [-0.1, -0.05) is 0 Å². The van der Waals surface area contributed by atoms with Gasteiger partial charge in [-0.2, -0.15) is 0 Å². The Balaban J connectivity index is 1.85. The van der Waals surface area contributed by atoms with Crippen molar-refractivity contribution in [3.63, 3.8) is 0 Å². The molecule has 2 aromatic rings. The van der Waals surface area contributed by atoms with Crippen molar-refractivity contribution in [1.29, 1.82) is 0 Å². The third-order valence-electron chi connectivity index (χ3n) is 5.73. The Morgan fingerprint density at radius 2 is 1.82 bits per heavy atom. The maximum atomic E-state index is 12.8. The van der Waals surface area contributed by atoms with Crippen molar-refractivity contribution in [3.8, 4) is 0 Å². The van der Waals surface area contributed by atoms with Crippen molar-refractivity contribution in [3.05, 3.63) is 51.1 Å². The van der Waals surface area contributed by atoms with Crippen molar-refractivity contribution in [2.75, 3.05) is 18.1 Å². The molecule has 0 amide bonds. The third-order valence-corrected chi connectivity index (χ3v) is 5.73. The van der Waals surface area contributed by atoms with Gasteiger partial charge in [0.1, 0.15) is 17.7 Å². The van der Waals surface area contributed by atoms with E-state index in [-0.39, 0.29) is 6.61 Å².